The van der Waals surface area contributed by atoms with Crippen LogP contribution in [0.15, 0.2) is 24.4 Å². The van der Waals surface area contributed by atoms with E-state index in [-0.39, 0.29) is 5.91 Å². The van der Waals surface area contributed by atoms with Crippen molar-refractivity contribution >= 4 is 41.4 Å². The number of hydrogen-bond acceptors (Lipinski definition) is 10. The number of unbranched alkanes of at least 4 members (excludes halogenated alkanes) is 1. The number of benzene rings is 1. The fraction of sp³-hybridized carbons (Fsp3) is 0.500. The molecule has 12 nitrogen and oxygen atoms in total. The van der Waals surface area contributed by atoms with Gasteiger partial charge in [-0.2, -0.15) is 4.98 Å². The standard InChI is InChI=1S/C30H42N8O4/c1-30(2,3)42-29(40)38-16-8-11-25(38)27(39)34-14-7-5-6-10-21-20-35-28(37-26(21)33-15-9-17-41-4)36-23-12-13-24(32)22(18-23)19-31/h12-13,18-20,25,31H,5,7-9,11,14-17,32H2,1-4H3,(H,34,39)(H2,33,35,36,37)/t25-/m0/s1. The van der Waals surface area contributed by atoms with Gasteiger partial charge in [0, 0.05) is 62.9 Å². The summed E-state index contributed by atoms with van der Waals surface area (Å²) in [6, 6.07) is 4.77. The molecule has 0 unspecified atom stereocenters. The van der Waals surface area contributed by atoms with Crippen molar-refractivity contribution in [3.63, 3.8) is 0 Å². The number of nitrogen functional groups attached to an aromatic ring is 1. The van der Waals surface area contributed by atoms with Crippen LogP contribution in [0.3, 0.4) is 0 Å². The number of rotatable bonds is 12. The van der Waals surface area contributed by atoms with Gasteiger partial charge in [-0.1, -0.05) is 11.8 Å². The maximum atomic E-state index is 12.7. The van der Waals surface area contributed by atoms with Gasteiger partial charge in [-0.15, -0.1) is 0 Å². The number of hydrogen-bond donors (Lipinski definition) is 5. The van der Waals surface area contributed by atoms with E-state index in [1.807, 2.05) is 20.8 Å². The molecule has 0 aliphatic carbocycles. The van der Waals surface area contributed by atoms with Crippen LogP contribution >= 0.6 is 0 Å². The number of methoxy groups -OCH3 is 1. The van der Waals surface area contributed by atoms with E-state index in [1.54, 1.807) is 31.5 Å². The van der Waals surface area contributed by atoms with Crippen molar-refractivity contribution in [2.75, 3.05) is 49.7 Å². The molecular formula is C30H42N8O4. The van der Waals surface area contributed by atoms with Gasteiger partial charge in [0.2, 0.25) is 11.9 Å². The Morgan fingerprint density at radius 2 is 2.07 bits per heavy atom. The van der Waals surface area contributed by atoms with Crippen molar-refractivity contribution in [1.29, 1.82) is 5.41 Å². The van der Waals surface area contributed by atoms with Crippen LogP contribution < -0.4 is 21.7 Å². The molecule has 1 saturated heterocycles. The summed E-state index contributed by atoms with van der Waals surface area (Å²) in [5.74, 6) is 7.08. The van der Waals surface area contributed by atoms with Crippen LogP contribution in [0.4, 0.5) is 27.9 Å². The van der Waals surface area contributed by atoms with E-state index in [4.69, 9.17) is 20.6 Å². The first-order valence-electron chi connectivity index (χ1n) is 14.1. The highest BCUT2D eigenvalue weighted by Gasteiger charge is 2.36. The SMILES string of the molecule is COCCCNc1nc(Nc2ccc(N)c(C=N)c2)ncc1C#CCCCNC(=O)[C@@H]1CCCN1C(=O)OC(C)(C)C. The van der Waals surface area contributed by atoms with Gasteiger partial charge in [-0.25, -0.2) is 9.78 Å². The molecule has 1 aliphatic heterocycles. The third-order valence-corrected chi connectivity index (χ3v) is 6.29. The van der Waals surface area contributed by atoms with E-state index in [9.17, 15) is 9.59 Å². The molecule has 2 heterocycles. The topological polar surface area (TPSA) is 168 Å². The number of nitrogens with two attached hydrogens (primary N) is 1. The number of carbonyl (C=O) groups excluding carboxylic acids is 2. The van der Waals surface area contributed by atoms with E-state index in [1.165, 1.54) is 11.1 Å². The van der Waals surface area contributed by atoms with Gasteiger partial charge >= 0.3 is 6.09 Å². The van der Waals surface area contributed by atoms with Crippen molar-refractivity contribution in [2.45, 2.75) is 64.5 Å². The van der Waals surface area contributed by atoms with Crippen LogP contribution in [0.2, 0.25) is 0 Å². The van der Waals surface area contributed by atoms with Gasteiger partial charge in [0.15, 0.2) is 0 Å². The monoisotopic (exact) mass is 578 g/mol. The van der Waals surface area contributed by atoms with Crippen molar-refractivity contribution in [1.82, 2.24) is 20.2 Å². The first-order chi connectivity index (χ1) is 20.1. The van der Waals surface area contributed by atoms with E-state index < -0.39 is 17.7 Å². The number of aromatic nitrogens is 2. The summed E-state index contributed by atoms with van der Waals surface area (Å²) in [5.41, 5.74) is 7.75. The predicted molar refractivity (Wildman–Crippen MR) is 164 cm³/mol. The summed E-state index contributed by atoms with van der Waals surface area (Å²) in [7, 11) is 1.66. The molecule has 0 saturated carbocycles. The highest BCUT2D eigenvalue weighted by atomic mass is 16.6. The Morgan fingerprint density at radius 3 is 2.81 bits per heavy atom. The highest BCUT2D eigenvalue weighted by Crippen LogP contribution is 2.22. The van der Waals surface area contributed by atoms with Crippen LogP contribution in [0, 0.1) is 17.3 Å². The molecule has 0 bridgehead atoms. The molecule has 0 spiro atoms. The lowest BCUT2D eigenvalue weighted by Gasteiger charge is -2.28. The lowest BCUT2D eigenvalue weighted by atomic mass is 10.2. The lowest BCUT2D eigenvalue weighted by Crippen LogP contribution is -2.47. The summed E-state index contributed by atoms with van der Waals surface area (Å²) < 4.78 is 10.6. The molecule has 2 aromatic rings. The maximum Gasteiger partial charge on any atom is 0.410 e. The Balaban J connectivity index is 1.56. The molecule has 1 aromatic carbocycles. The number of nitrogens with zero attached hydrogens (tertiary/aromatic N) is 3. The Bertz CT molecular complexity index is 1300. The van der Waals surface area contributed by atoms with Gasteiger partial charge < -0.3 is 36.6 Å². The second kappa shape index (κ2) is 15.6. The molecule has 42 heavy (non-hydrogen) atoms. The molecule has 1 aliphatic rings. The van der Waals surface area contributed by atoms with E-state index >= 15 is 0 Å². The molecular weight excluding hydrogens is 536 g/mol. The van der Waals surface area contributed by atoms with E-state index in [2.05, 4.69) is 37.8 Å². The number of carbonyl (C=O) groups is 2. The van der Waals surface area contributed by atoms with Gasteiger partial charge in [0.1, 0.15) is 17.5 Å². The first-order valence-corrected chi connectivity index (χ1v) is 14.1. The van der Waals surface area contributed by atoms with E-state index in [0.29, 0.717) is 79.8 Å². The number of anilines is 4. The minimum absolute atomic E-state index is 0.167. The Labute approximate surface area is 247 Å². The fourth-order valence-electron chi connectivity index (χ4n) is 4.24. The van der Waals surface area contributed by atoms with Crippen LogP contribution in [0.5, 0.6) is 0 Å². The molecule has 3 rings (SSSR count). The average Bonchev–Trinajstić information content (AvgIpc) is 3.44. The van der Waals surface area contributed by atoms with Crippen molar-refractivity contribution in [3.05, 3.63) is 35.5 Å². The number of amides is 2. The average molecular weight is 579 g/mol. The summed E-state index contributed by atoms with van der Waals surface area (Å²) in [6.07, 6.45) is 5.80. The highest BCUT2D eigenvalue weighted by molar-refractivity contribution is 5.87. The zero-order valence-electron chi connectivity index (χ0n) is 24.9. The normalized spacial score (nSPS) is 14.5. The smallest absolute Gasteiger partial charge is 0.410 e. The molecule has 6 N–H and O–H groups in total. The molecule has 12 heteroatoms. The Morgan fingerprint density at radius 1 is 1.26 bits per heavy atom. The molecule has 2 amide bonds. The Kier molecular flexibility index (Phi) is 11.9. The van der Waals surface area contributed by atoms with Gasteiger partial charge in [-0.05, 0) is 64.7 Å². The van der Waals surface area contributed by atoms with Crippen molar-refractivity contribution in [3.8, 4) is 11.8 Å². The number of likely N-dealkylation sites (tertiary alicyclic amines) is 1. The summed E-state index contributed by atoms with van der Waals surface area (Å²) >= 11 is 0. The van der Waals surface area contributed by atoms with Crippen LogP contribution in [-0.2, 0) is 14.3 Å². The quantitative estimate of drug-likeness (QED) is 0.109. The summed E-state index contributed by atoms with van der Waals surface area (Å²) in [4.78, 5) is 35.7. The summed E-state index contributed by atoms with van der Waals surface area (Å²) in [5, 5.41) is 16.9. The summed E-state index contributed by atoms with van der Waals surface area (Å²) in [6.45, 7) is 7.66. The maximum absolute atomic E-state index is 12.7. The first kappa shape index (κ1) is 32.1. The second-order valence-electron chi connectivity index (χ2n) is 10.9. The minimum Gasteiger partial charge on any atom is -0.444 e. The van der Waals surface area contributed by atoms with Gasteiger partial charge in [-0.3, -0.25) is 9.69 Å². The third-order valence-electron chi connectivity index (χ3n) is 6.29. The molecule has 1 fully saturated rings. The van der Waals surface area contributed by atoms with E-state index in [0.717, 1.165) is 12.8 Å². The van der Waals surface area contributed by atoms with Crippen LogP contribution in [0.1, 0.15) is 64.0 Å². The third kappa shape index (κ3) is 9.92. The van der Waals surface area contributed by atoms with Gasteiger partial charge in [0.05, 0.1) is 11.8 Å². The van der Waals surface area contributed by atoms with Crippen molar-refractivity contribution < 1.29 is 19.1 Å². The molecule has 1 atom stereocenters. The molecule has 1 aromatic heterocycles. The lowest BCUT2D eigenvalue weighted by molar-refractivity contribution is -0.125. The zero-order valence-corrected chi connectivity index (χ0v) is 24.9. The Hall–Kier alpha value is -4.37. The number of nitrogens with one attached hydrogen (secondary N) is 4. The molecule has 226 valence electrons. The second-order valence-corrected chi connectivity index (χ2v) is 10.9. The van der Waals surface area contributed by atoms with Gasteiger partial charge in [0.25, 0.3) is 0 Å². The predicted octanol–water partition coefficient (Wildman–Crippen LogP) is 3.90. The van der Waals surface area contributed by atoms with Crippen LogP contribution in [-0.4, -0.2) is 78.1 Å². The molecule has 0 radical (unpaired) electrons. The number of ether oxygens (including phenoxy) is 2. The zero-order chi connectivity index (χ0) is 30.5. The fourth-order valence-corrected chi connectivity index (χ4v) is 4.24. The minimum atomic E-state index is -0.608. The largest absolute Gasteiger partial charge is 0.444 e. The van der Waals surface area contributed by atoms with Crippen LogP contribution in [0.25, 0.3) is 0 Å². The van der Waals surface area contributed by atoms with Crippen molar-refractivity contribution in [2.24, 2.45) is 0 Å².